The Hall–Kier alpha value is -0.590. The summed E-state index contributed by atoms with van der Waals surface area (Å²) in [7, 11) is -3.40. The van der Waals surface area contributed by atoms with Crippen molar-refractivity contribution in [3.63, 3.8) is 0 Å². The van der Waals surface area contributed by atoms with E-state index in [1.54, 1.807) is 4.68 Å². The van der Waals surface area contributed by atoms with Gasteiger partial charge in [-0.15, -0.1) is 11.6 Å². The Morgan fingerprint density at radius 3 is 2.71 bits per heavy atom. The van der Waals surface area contributed by atoms with Crippen LogP contribution < -0.4 is 0 Å². The maximum absolute atomic E-state index is 12.2. The Balaban J connectivity index is 2.94. The van der Waals surface area contributed by atoms with Crippen LogP contribution in [0.4, 0.5) is 0 Å². The van der Waals surface area contributed by atoms with Gasteiger partial charge in [0.2, 0.25) is 10.0 Å². The summed E-state index contributed by atoms with van der Waals surface area (Å²) in [5.41, 5.74) is 0. The molecular weight excluding hydrogens is 262 g/mol. The summed E-state index contributed by atoms with van der Waals surface area (Å²) in [6, 6.07) is 0. The van der Waals surface area contributed by atoms with Gasteiger partial charge in [-0.05, 0) is 6.42 Å². The Morgan fingerprint density at radius 2 is 2.18 bits per heavy atom. The van der Waals surface area contributed by atoms with Gasteiger partial charge in [-0.2, -0.15) is 9.40 Å². The minimum Gasteiger partial charge on any atom is -0.270 e. The van der Waals surface area contributed by atoms with Crippen molar-refractivity contribution >= 4 is 21.6 Å². The molecular formula is C10H18ClN3O2S. The molecule has 5 nitrogen and oxygen atoms in total. The Kier molecular flexibility index (Phi) is 5.42. The van der Waals surface area contributed by atoms with Crippen molar-refractivity contribution in [2.45, 2.75) is 31.7 Å². The van der Waals surface area contributed by atoms with Crippen molar-refractivity contribution in [1.29, 1.82) is 0 Å². The van der Waals surface area contributed by atoms with E-state index < -0.39 is 10.0 Å². The average Bonchev–Trinajstić information content (AvgIpc) is 2.75. The van der Waals surface area contributed by atoms with Crippen LogP contribution in [-0.4, -0.2) is 41.5 Å². The molecule has 0 fully saturated rings. The van der Waals surface area contributed by atoms with Crippen molar-refractivity contribution in [2.24, 2.45) is 0 Å². The molecule has 1 heterocycles. The van der Waals surface area contributed by atoms with Gasteiger partial charge in [0.1, 0.15) is 4.90 Å². The zero-order valence-corrected chi connectivity index (χ0v) is 11.7. The quantitative estimate of drug-likeness (QED) is 0.712. The molecule has 17 heavy (non-hydrogen) atoms. The fraction of sp³-hybridized carbons (Fsp3) is 0.700. The molecule has 0 saturated carbocycles. The fourth-order valence-corrected chi connectivity index (χ4v) is 3.20. The largest absolute Gasteiger partial charge is 0.270 e. The molecule has 98 valence electrons. The van der Waals surface area contributed by atoms with Gasteiger partial charge in [0, 0.05) is 25.2 Å². The van der Waals surface area contributed by atoms with Gasteiger partial charge in [0.05, 0.1) is 12.7 Å². The van der Waals surface area contributed by atoms with Crippen molar-refractivity contribution in [2.75, 3.05) is 19.0 Å². The molecule has 0 spiro atoms. The predicted molar refractivity (Wildman–Crippen MR) is 67.7 cm³/mol. The second-order valence-electron chi connectivity index (χ2n) is 3.62. The number of alkyl halides is 1. The predicted octanol–water partition coefficient (Wildman–Crippen LogP) is 1.54. The molecule has 0 atom stereocenters. The number of hydrogen-bond acceptors (Lipinski definition) is 3. The molecule has 0 amide bonds. The van der Waals surface area contributed by atoms with Gasteiger partial charge >= 0.3 is 0 Å². The third-order valence-electron chi connectivity index (χ3n) is 2.39. The van der Waals surface area contributed by atoms with Gasteiger partial charge in [-0.1, -0.05) is 13.8 Å². The third-order valence-corrected chi connectivity index (χ3v) is 4.48. The average molecular weight is 280 g/mol. The lowest BCUT2D eigenvalue weighted by Gasteiger charge is -2.18. The summed E-state index contributed by atoms with van der Waals surface area (Å²) >= 11 is 5.58. The number of halogens is 1. The van der Waals surface area contributed by atoms with Crippen LogP contribution in [0.5, 0.6) is 0 Å². The molecule has 0 unspecified atom stereocenters. The minimum absolute atomic E-state index is 0.234. The first-order valence-electron chi connectivity index (χ1n) is 5.64. The number of sulfonamides is 1. The van der Waals surface area contributed by atoms with Gasteiger partial charge in [-0.25, -0.2) is 8.42 Å². The SMILES string of the molecule is CCCN(CC)S(=O)(=O)c1cnn(CCCl)c1. The van der Waals surface area contributed by atoms with Crippen molar-refractivity contribution in [1.82, 2.24) is 14.1 Å². The minimum atomic E-state index is -3.40. The molecule has 1 rings (SSSR count). The first-order valence-corrected chi connectivity index (χ1v) is 7.62. The van der Waals surface area contributed by atoms with E-state index in [4.69, 9.17) is 11.6 Å². The van der Waals surface area contributed by atoms with Gasteiger partial charge in [0.25, 0.3) is 0 Å². The van der Waals surface area contributed by atoms with E-state index in [1.807, 2.05) is 13.8 Å². The summed E-state index contributed by atoms with van der Waals surface area (Å²) in [5.74, 6) is 0.410. The summed E-state index contributed by atoms with van der Waals surface area (Å²) in [6.45, 7) is 5.29. The molecule has 0 aliphatic heterocycles. The first kappa shape index (κ1) is 14.5. The zero-order valence-electron chi connectivity index (χ0n) is 10.1. The van der Waals surface area contributed by atoms with Gasteiger partial charge in [0.15, 0.2) is 0 Å². The molecule has 0 bridgehead atoms. The maximum atomic E-state index is 12.2. The van der Waals surface area contributed by atoms with Crippen LogP contribution in [0.15, 0.2) is 17.3 Å². The highest BCUT2D eigenvalue weighted by Gasteiger charge is 2.23. The number of aromatic nitrogens is 2. The summed E-state index contributed by atoms with van der Waals surface area (Å²) in [4.78, 5) is 0.234. The van der Waals surface area contributed by atoms with Crippen LogP contribution in [-0.2, 0) is 16.6 Å². The lowest BCUT2D eigenvalue weighted by atomic mass is 10.5. The standard InChI is InChI=1S/C10H18ClN3O2S/c1-3-6-14(4-2)17(15,16)10-8-12-13(9-10)7-5-11/h8-9H,3-7H2,1-2H3. The Bertz CT molecular complexity index is 444. The molecule has 0 aliphatic rings. The number of aryl methyl sites for hydroxylation is 1. The summed E-state index contributed by atoms with van der Waals surface area (Å²) in [6.07, 6.45) is 3.69. The Morgan fingerprint density at radius 1 is 1.47 bits per heavy atom. The third kappa shape index (κ3) is 3.43. The van der Waals surface area contributed by atoms with Gasteiger partial charge in [-0.3, -0.25) is 4.68 Å². The van der Waals surface area contributed by atoms with Crippen LogP contribution in [0.3, 0.4) is 0 Å². The zero-order chi connectivity index (χ0) is 12.9. The van der Waals surface area contributed by atoms with Crippen LogP contribution in [0.2, 0.25) is 0 Å². The number of hydrogen-bond donors (Lipinski definition) is 0. The van der Waals surface area contributed by atoms with E-state index in [2.05, 4.69) is 5.10 Å². The van der Waals surface area contributed by atoms with Crippen LogP contribution in [0, 0.1) is 0 Å². The monoisotopic (exact) mass is 279 g/mol. The maximum Gasteiger partial charge on any atom is 0.246 e. The second kappa shape index (κ2) is 6.37. The highest BCUT2D eigenvalue weighted by molar-refractivity contribution is 7.89. The first-order chi connectivity index (χ1) is 8.06. The number of nitrogens with zero attached hydrogens (tertiary/aromatic N) is 3. The normalized spacial score (nSPS) is 12.2. The highest BCUT2D eigenvalue weighted by Crippen LogP contribution is 2.14. The molecule has 1 aromatic rings. The summed E-state index contributed by atoms with van der Waals surface area (Å²) < 4.78 is 27.4. The van der Waals surface area contributed by atoms with E-state index in [0.29, 0.717) is 25.5 Å². The van der Waals surface area contributed by atoms with Crippen LogP contribution in [0.25, 0.3) is 0 Å². The molecule has 0 aromatic carbocycles. The van der Waals surface area contributed by atoms with Gasteiger partial charge < -0.3 is 0 Å². The molecule has 0 radical (unpaired) electrons. The number of rotatable bonds is 7. The second-order valence-corrected chi connectivity index (χ2v) is 5.94. The van der Waals surface area contributed by atoms with Crippen molar-refractivity contribution < 1.29 is 8.42 Å². The topological polar surface area (TPSA) is 55.2 Å². The van der Waals surface area contributed by atoms with E-state index in [9.17, 15) is 8.42 Å². The highest BCUT2D eigenvalue weighted by atomic mass is 35.5. The van der Waals surface area contributed by atoms with Crippen molar-refractivity contribution in [3.8, 4) is 0 Å². The molecule has 0 saturated heterocycles. The lowest BCUT2D eigenvalue weighted by Crippen LogP contribution is -2.31. The summed E-state index contributed by atoms with van der Waals surface area (Å²) in [5, 5.41) is 3.98. The van der Waals surface area contributed by atoms with E-state index >= 15 is 0 Å². The lowest BCUT2D eigenvalue weighted by molar-refractivity contribution is 0.427. The van der Waals surface area contributed by atoms with Crippen LogP contribution in [0.1, 0.15) is 20.3 Å². The molecule has 7 heteroatoms. The van der Waals surface area contributed by atoms with E-state index in [1.165, 1.54) is 16.7 Å². The Labute approximate surface area is 107 Å². The fourth-order valence-electron chi connectivity index (χ4n) is 1.53. The van der Waals surface area contributed by atoms with Crippen molar-refractivity contribution in [3.05, 3.63) is 12.4 Å². The van der Waals surface area contributed by atoms with E-state index in [-0.39, 0.29) is 4.90 Å². The molecule has 1 aromatic heterocycles. The van der Waals surface area contributed by atoms with E-state index in [0.717, 1.165) is 6.42 Å². The molecule has 0 aliphatic carbocycles. The molecule has 0 N–H and O–H groups in total. The smallest absolute Gasteiger partial charge is 0.246 e. The van der Waals surface area contributed by atoms with Crippen LogP contribution >= 0.6 is 11.6 Å².